The van der Waals surface area contributed by atoms with E-state index in [1.807, 2.05) is 0 Å². The number of rotatable bonds is 7. The van der Waals surface area contributed by atoms with Crippen LogP contribution in [0.1, 0.15) is 92.9 Å². The SMILES string of the molecule is CCCC[C@@]1(CCN(C(C)=O)[C@@H]2CCOC(C)(C)C2)CCOC(C)(C)C1. The van der Waals surface area contributed by atoms with Crippen LogP contribution in [-0.2, 0) is 14.3 Å². The fraction of sp³-hybridized carbons (Fsp3) is 0.955. The molecule has 0 unspecified atom stereocenters. The molecule has 152 valence electrons. The maximum Gasteiger partial charge on any atom is 0.219 e. The van der Waals surface area contributed by atoms with Crippen molar-refractivity contribution >= 4 is 5.91 Å². The van der Waals surface area contributed by atoms with Crippen LogP contribution >= 0.6 is 0 Å². The zero-order valence-electron chi connectivity index (χ0n) is 18.0. The molecule has 0 aromatic rings. The van der Waals surface area contributed by atoms with Crippen LogP contribution in [0.2, 0.25) is 0 Å². The maximum atomic E-state index is 12.4. The van der Waals surface area contributed by atoms with E-state index in [1.54, 1.807) is 6.92 Å². The van der Waals surface area contributed by atoms with Crippen LogP contribution in [0, 0.1) is 5.41 Å². The second-order valence-electron chi connectivity index (χ2n) is 9.86. The molecule has 0 N–H and O–H groups in total. The molecule has 2 saturated heterocycles. The minimum atomic E-state index is -0.128. The van der Waals surface area contributed by atoms with Gasteiger partial charge in [0.1, 0.15) is 0 Å². The molecule has 2 fully saturated rings. The summed E-state index contributed by atoms with van der Waals surface area (Å²) in [4.78, 5) is 14.6. The van der Waals surface area contributed by atoms with Crippen molar-refractivity contribution in [2.75, 3.05) is 19.8 Å². The van der Waals surface area contributed by atoms with Crippen molar-refractivity contribution in [3.63, 3.8) is 0 Å². The Kier molecular flexibility index (Phi) is 7.17. The van der Waals surface area contributed by atoms with Gasteiger partial charge < -0.3 is 14.4 Å². The van der Waals surface area contributed by atoms with E-state index in [0.29, 0.717) is 11.5 Å². The van der Waals surface area contributed by atoms with Crippen molar-refractivity contribution in [2.45, 2.75) is 110 Å². The molecular weight excluding hydrogens is 326 g/mol. The molecule has 0 bridgehead atoms. The van der Waals surface area contributed by atoms with E-state index in [1.165, 1.54) is 19.3 Å². The minimum absolute atomic E-state index is 0.0479. The predicted octanol–water partition coefficient (Wildman–Crippen LogP) is 4.95. The van der Waals surface area contributed by atoms with E-state index in [9.17, 15) is 4.79 Å². The largest absolute Gasteiger partial charge is 0.376 e. The van der Waals surface area contributed by atoms with Gasteiger partial charge in [-0.3, -0.25) is 4.79 Å². The van der Waals surface area contributed by atoms with Gasteiger partial charge in [-0.05, 0) is 71.6 Å². The number of amides is 1. The van der Waals surface area contributed by atoms with Crippen LogP contribution in [0.25, 0.3) is 0 Å². The molecule has 0 aromatic heterocycles. The summed E-state index contributed by atoms with van der Waals surface area (Å²) in [5, 5.41) is 0. The van der Waals surface area contributed by atoms with Gasteiger partial charge in [-0.1, -0.05) is 19.8 Å². The number of hydrogen-bond donors (Lipinski definition) is 0. The molecule has 1 amide bonds. The third-order valence-electron chi connectivity index (χ3n) is 6.39. The number of carbonyl (C=O) groups is 1. The van der Waals surface area contributed by atoms with Gasteiger partial charge in [-0.25, -0.2) is 0 Å². The summed E-state index contributed by atoms with van der Waals surface area (Å²) in [5.74, 6) is 0.213. The van der Waals surface area contributed by atoms with Crippen LogP contribution in [0.3, 0.4) is 0 Å². The average molecular weight is 368 g/mol. The van der Waals surface area contributed by atoms with E-state index >= 15 is 0 Å². The van der Waals surface area contributed by atoms with Gasteiger partial charge in [0.2, 0.25) is 5.91 Å². The van der Waals surface area contributed by atoms with Gasteiger partial charge >= 0.3 is 0 Å². The quantitative estimate of drug-likeness (QED) is 0.639. The molecule has 0 saturated carbocycles. The molecule has 0 spiro atoms. The molecule has 4 heteroatoms. The van der Waals surface area contributed by atoms with Gasteiger partial charge in [0.25, 0.3) is 0 Å². The summed E-state index contributed by atoms with van der Waals surface area (Å²) >= 11 is 0. The summed E-state index contributed by atoms with van der Waals surface area (Å²) in [5.41, 5.74) is 0.136. The van der Waals surface area contributed by atoms with E-state index in [0.717, 1.165) is 51.9 Å². The molecule has 2 aliphatic heterocycles. The third kappa shape index (κ3) is 5.95. The highest BCUT2D eigenvalue weighted by Gasteiger charge is 2.41. The van der Waals surface area contributed by atoms with Crippen molar-refractivity contribution in [1.29, 1.82) is 0 Å². The Bertz CT molecular complexity index is 474. The van der Waals surface area contributed by atoms with E-state index in [2.05, 4.69) is 39.5 Å². The smallest absolute Gasteiger partial charge is 0.219 e. The number of carbonyl (C=O) groups excluding carboxylic acids is 1. The van der Waals surface area contributed by atoms with Crippen LogP contribution in [-0.4, -0.2) is 47.8 Å². The standard InChI is InChI=1S/C22H41NO3/c1-7-8-10-22(12-15-26-21(5,6)17-22)11-13-23(18(2)24)19-9-14-25-20(3,4)16-19/h19H,7-17H2,1-6H3/t19-,22-/m1/s1. The molecule has 2 heterocycles. The summed E-state index contributed by atoms with van der Waals surface area (Å²) in [7, 11) is 0. The molecule has 0 aromatic carbocycles. The van der Waals surface area contributed by atoms with Crippen molar-refractivity contribution in [2.24, 2.45) is 5.41 Å². The Hall–Kier alpha value is -0.610. The molecular formula is C22H41NO3. The van der Waals surface area contributed by atoms with E-state index in [-0.39, 0.29) is 17.1 Å². The van der Waals surface area contributed by atoms with Crippen molar-refractivity contribution in [3.8, 4) is 0 Å². The zero-order chi connectivity index (χ0) is 19.4. The molecule has 2 rings (SSSR count). The van der Waals surface area contributed by atoms with E-state index < -0.39 is 0 Å². The molecule has 2 aliphatic rings. The Morgan fingerprint density at radius 3 is 2.35 bits per heavy atom. The van der Waals surface area contributed by atoms with Crippen molar-refractivity contribution in [3.05, 3.63) is 0 Å². The first-order valence-corrected chi connectivity index (χ1v) is 10.6. The monoisotopic (exact) mass is 367 g/mol. The van der Waals surface area contributed by atoms with Gasteiger partial charge in [0.15, 0.2) is 0 Å². The summed E-state index contributed by atoms with van der Waals surface area (Å²) in [6.07, 6.45) is 8.96. The van der Waals surface area contributed by atoms with Crippen molar-refractivity contribution in [1.82, 2.24) is 4.90 Å². The Morgan fingerprint density at radius 1 is 1.08 bits per heavy atom. The van der Waals surface area contributed by atoms with Gasteiger partial charge in [0.05, 0.1) is 11.2 Å². The van der Waals surface area contributed by atoms with Gasteiger partial charge in [0, 0.05) is 32.7 Å². The summed E-state index contributed by atoms with van der Waals surface area (Å²) < 4.78 is 11.9. The topological polar surface area (TPSA) is 38.8 Å². The predicted molar refractivity (Wildman–Crippen MR) is 106 cm³/mol. The first-order valence-electron chi connectivity index (χ1n) is 10.6. The van der Waals surface area contributed by atoms with Gasteiger partial charge in [-0.2, -0.15) is 0 Å². The number of nitrogens with zero attached hydrogens (tertiary/aromatic N) is 1. The van der Waals surface area contributed by atoms with Gasteiger partial charge in [-0.15, -0.1) is 0 Å². The first-order chi connectivity index (χ1) is 12.1. The number of ether oxygens (including phenoxy) is 2. The van der Waals surface area contributed by atoms with Crippen LogP contribution in [0.5, 0.6) is 0 Å². The second kappa shape index (κ2) is 8.60. The first kappa shape index (κ1) is 21.7. The zero-order valence-corrected chi connectivity index (χ0v) is 18.0. The molecule has 0 aliphatic carbocycles. The average Bonchev–Trinajstić information content (AvgIpc) is 2.51. The third-order valence-corrected chi connectivity index (χ3v) is 6.39. The Labute approximate surface area is 161 Å². The lowest BCUT2D eigenvalue weighted by molar-refractivity contribution is -0.140. The highest BCUT2D eigenvalue weighted by molar-refractivity contribution is 5.73. The molecule has 4 nitrogen and oxygen atoms in total. The van der Waals surface area contributed by atoms with Crippen LogP contribution in [0.4, 0.5) is 0 Å². The Balaban J connectivity index is 2.07. The highest BCUT2D eigenvalue weighted by Crippen LogP contribution is 2.45. The lowest BCUT2D eigenvalue weighted by atomic mass is 9.68. The van der Waals surface area contributed by atoms with Crippen LogP contribution < -0.4 is 0 Å². The summed E-state index contributed by atoms with van der Waals surface area (Å²) in [6, 6.07) is 0.312. The Morgan fingerprint density at radius 2 is 1.77 bits per heavy atom. The lowest BCUT2D eigenvalue weighted by Crippen LogP contribution is -2.50. The lowest BCUT2D eigenvalue weighted by Gasteiger charge is -2.47. The van der Waals surface area contributed by atoms with E-state index in [4.69, 9.17) is 9.47 Å². The van der Waals surface area contributed by atoms with Crippen molar-refractivity contribution < 1.29 is 14.3 Å². The fourth-order valence-corrected chi connectivity index (χ4v) is 5.11. The molecule has 26 heavy (non-hydrogen) atoms. The number of unbranched alkanes of at least 4 members (excludes halogenated alkanes) is 1. The minimum Gasteiger partial charge on any atom is -0.376 e. The second-order valence-corrected chi connectivity index (χ2v) is 9.86. The summed E-state index contributed by atoms with van der Waals surface area (Å²) in [6.45, 7) is 15.2. The number of hydrogen-bond acceptors (Lipinski definition) is 3. The van der Waals surface area contributed by atoms with Crippen LogP contribution in [0.15, 0.2) is 0 Å². The normalized spacial score (nSPS) is 30.8. The maximum absolute atomic E-state index is 12.4. The molecule has 0 radical (unpaired) electrons. The highest BCUT2D eigenvalue weighted by atomic mass is 16.5. The fourth-order valence-electron chi connectivity index (χ4n) is 5.11. The molecule has 2 atom stereocenters.